The number of halogens is 1. The van der Waals surface area contributed by atoms with Crippen LogP contribution in [0.2, 0.25) is 5.02 Å². The molecule has 4 nitrogen and oxygen atoms in total. The van der Waals surface area contributed by atoms with E-state index in [2.05, 4.69) is 10.3 Å². The highest BCUT2D eigenvalue weighted by Crippen LogP contribution is 2.26. The lowest BCUT2D eigenvalue weighted by molar-refractivity contribution is 0.0783. The summed E-state index contributed by atoms with van der Waals surface area (Å²) in [6, 6.07) is 7.07. The lowest BCUT2D eigenvalue weighted by Gasteiger charge is -2.18. The molecule has 0 aliphatic rings. The average Bonchev–Trinajstić information content (AvgIpc) is 2.38. The third-order valence-corrected chi connectivity index (χ3v) is 3.13. The van der Waals surface area contributed by atoms with Crippen molar-refractivity contribution >= 4 is 29.2 Å². The minimum atomic E-state index is -0.955. The fraction of sp³-hybridized carbons (Fsp3) is 0.200. The van der Waals surface area contributed by atoms with Crippen LogP contribution in [0.5, 0.6) is 0 Å². The fourth-order valence-electron chi connectivity index (χ4n) is 1.76. The number of benzene rings is 1. The van der Waals surface area contributed by atoms with E-state index in [0.29, 0.717) is 10.6 Å². The van der Waals surface area contributed by atoms with Crippen molar-refractivity contribution in [2.24, 2.45) is 0 Å². The zero-order valence-corrected chi connectivity index (χ0v) is 12.1. The summed E-state index contributed by atoms with van der Waals surface area (Å²) >= 11 is 5.97. The average molecular weight is 290 g/mol. The van der Waals surface area contributed by atoms with E-state index in [1.54, 1.807) is 44.4 Å². The summed E-state index contributed by atoms with van der Waals surface area (Å²) in [6.07, 6.45) is 4.54. The number of aliphatic hydroxyl groups is 1. The lowest BCUT2D eigenvalue weighted by Crippen LogP contribution is -2.15. The molecule has 2 aromatic rings. The Morgan fingerprint density at radius 1 is 1.30 bits per heavy atom. The quantitative estimate of drug-likeness (QED) is 0.752. The van der Waals surface area contributed by atoms with Crippen LogP contribution in [0, 0.1) is 5.41 Å². The van der Waals surface area contributed by atoms with Gasteiger partial charge in [-0.3, -0.25) is 4.98 Å². The molecule has 0 radical (unpaired) electrons. The third kappa shape index (κ3) is 3.35. The van der Waals surface area contributed by atoms with Crippen molar-refractivity contribution in [1.82, 2.24) is 4.98 Å². The number of nitrogens with one attached hydrogen (secondary N) is 2. The van der Waals surface area contributed by atoms with Crippen LogP contribution in [0.15, 0.2) is 36.7 Å². The molecule has 20 heavy (non-hydrogen) atoms. The first kappa shape index (κ1) is 14.5. The minimum Gasteiger partial charge on any atom is -0.386 e. The number of nitrogens with zero attached hydrogens (tertiary/aromatic N) is 1. The SMILES string of the molecule is CC(C)(O)c1cncc(Nc2cc(Cl)ccc2C=N)c1. The first-order chi connectivity index (χ1) is 9.40. The number of hydrogen-bond donors (Lipinski definition) is 3. The van der Waals surface area contributed by atoms with Crippen LogP contribution in [-0.4, -0.2) is 16.3 Å². The van der Waals surface area contributed by atoms with Crippen LogP contribution in [-0.2, 0) is 5.60 Å². The molecule has 1 heterocycles. The van der Waals surface area contributed by atoms with Crippen LogP contribution in [0.4, 0.5) is 11.4 Å². The number of aromatic nitrogens is 1. The van der Waals surface area contributed by atoms with Gasteiger partial charge in [-0.15, -0.1) is 0 Å². The monoisotopic (exact) mass is 289 g/mol. The lowest BCUT2D eigenvalue weighted by atomic mass is 10.0. The van der Waals surface area contributed by atoms with Gasteiger partial charge in [0.1, 0.15) is 0 Å². The van der Waals surface area contributed by atoms with Gasteiger partial charge in [0.15, 0.2) is 0 Å². The molecule has 0 fully saturated rings. The second-order valence-electron chi connectivity index (χ2n) is 5.02. The molecule has 0 bridgehead atoms. The highest BCUT2D eigenvalue weighted by molar-refractivity contribution is 6.31. The van der Waals surface area contributed by atoms with E-state index in [9.17, 15) is 5.11 Å². The van der Waals surface area contributed by atoms with Crippen molar-refractivity contribution in [3.63, 3.8) is 0 Å². The minimum absolute atomic E-state index is 0.588. The van der Waals surface area contributed by atoms with Crippen LogP contribution in [0.1, 0.15) is 25.0 Å². The summed E-state index contributed by atoms with van der Waals surface area (Å²) < 4.78 is 0. The van der Waals surface area contributed by atoms with Crippen LogP contribution in [0.3, 0.4) is 0 Å². The van der Waals surface area contributed by atoms with E-state index in [-0.39, 0.29) is 0 Å². The summed E-state index contributed by atoms with van der Waals surface area (Å²) in [4.78, 5) is 4.11. The van der Waals surface area contributed by atoms with Crippen molar-refractivity contribution in [2.45, 2.75) is 19.4 Å². The van der Waals surface area contributed by atoms with Gasteiger partial charge in [0, 0.05) is 34.2 Å². The van der Waals surface area contributed by atoms with E-state index < -0.39 is 5.60 Å². The second-order valence-corrected chi connectivity index (χ2v) is 5.46. The van der Waals surface area contributed by atoms with Crippen LogP contribution < -0.4 is 5.32 Å². The van der Waals surface area contributed by atoms with Crippen LogP contribution >= 0.6 is 11.6 Å². The summed E-state index contributed by atoms with van der Waals surface area (Å²) in [7, 11) is 0. The standard InChI is InChI=1S/C15H16ClN3O/c1-15(2,20)11-5-13(9-18-8-11)19-14-6-12(16)4-3-10(14)7-17/h3-9,17,19-20H,1-2H3. The molecule has 104 valence electrons. The van der Waals surface area contributed by atoms with Crippen molar-refractivity contribution in [3.8, 4) is 0 Å². The maximum atomic E-state index is 10.00. The summed E-state index contributed by atoms with van der Waals surface area (Å²) in [5.74, 6) is 0. The van der Waals surface area contributed by atoms with Crippen molar-refractivity contribution in [3.05, 3.63) is 52.8 Å². The van der Waals surface area contributed by atoms with Gasteiger partial charge in [-0.25, -0.2) is 0 Å². The topological polar surface area (TPSA) is 69.0 Å². The van der Waals surface area contributed by atoms with Crippen molar-refractivity contribution in [2.75, 3.05) is 5.32 Å². The molecule has 2 rings (SSSR count). The van der Waals surface area contributed by atoms with Gasteiger partial charge in [0.05, 0.1) is 17.5 Å². The Bertz CT molecular complexity index is 635. The smallest absolute Gasteiger partial charge is 0.0856 e. The molecular formula is C15H16ClN3O. The normalized spacial score (nSPS) is 11.2. The van der Waals surface area contributed by atoms with E-state index in [1.165, 1.54) is 6.21 Å². The molecular weight excluding hydrogens is 274 g/mol. The number of anilines is 2. The van der Waals surface area contributed by atoms with Gasteiger partial charge >= 0.3 is 0 Å². The van der Waals surface area contributed by atoms with E-state index in [1.807, 2.05) is 6.07 Å². The highest BCUT2D eigenvalue weighted by Gasteiger charge is 2.16. The largest absolute Gasteiger partial charge is 0.386 e. The molecule has 5 heteroatoms. The molecule has 3 N–H and O–H groups in total. The Morgan fingerprint density at radius 2 is 2.05 bits per heavy atom. The number of rotatable bonds is 4. The van der Waals surface area contributed by atoms with Crippen molar-refractivity contribution < 1.29 is 5.11 Å². The first-order valence-electron chi connectivity index (χ1n) is 6.15. The number of pyridine rings is 1. The molecule has 1 aromatic heterocycles. The third-order valence-electron chi connectivity index (χ3n) is 2.89. The Labute approximate surface area is 123 Å². The predicted molar refractivity (Wildman–Crippen MR) is 82.1 cm³/mol. The van der Waals surface area contributed by atoms with Gasteiger partial charge in [-0.1, -0.05) is 11.6 Å². The predicted octanol–water partition coefficient (Wildman–Crippen LogP) is 3.70. The Balaban J connectivity index is 2.35. The van der Waals surface area contributed by atoms with Crippen LogP contribution in [0.25, 0.3) is 0 Å². The fourth-order valence-corrected chi connectivity index (χ4v) is 1.93. The van der Waals surface area contributed by atoms with Gasteiger partial charge < -0.3 is 15.8 Å². The van der Waals surface area contributed by atoms with E-state index in [0.717, 1.165) is 16.9 Å². The maximum Gasteiger partial charge on any atom is 0.0856 e. The zero-order chi connectivity index (χ0) is 14.8. The molecule has 1 aromatic carbocycles. The molecule has 0 aliphatic heterocycles. The Hall–Kier alpha value is -1.91. The molecule has 0 spiro atoms. The summed E-state index contributed by atoms with van der Waals surface area (Å²) in [5, 5.41) is 21.2. The van der Waals surface area contributed by atoms with E-state index in [4.69, 9.17) is 17.0 Å². The van der Waals surface area contributed by atoms with Gasteiger partial charge in [-0.2, -0.15) is 0 Å². The van der Waals surface area contributed by atoms with E-state index >= 15 is 0 Å². The Kier molecular flexibility index (Phi) is 4.06. The highest BCUT2D eigenvalue weighted by atomic mass is 35.5. The zero-order valence-electron chi connectivity index (χ0n) is 11.3. The molecule has 0 atom stereocenters. The van der Waals surface area contributed by atoms with Gasteiger partial charge in [0.2, 0.25) is 0 Å². The second kappa shape index (κ2) is 5.61. The first-order valence-corrected chi connectivity index (χ1v) is 6.53. The molecule has 0 aliphatic carbocycles. The van der Waals surface area contributed by atoms with Gasteiger partial charge in [-0.05, 0) is 38.1 Å². The molecule has 0 amide bonds. The number of hydrogen-bond acceptors (Lipinski definition) is 4. The Morgan fingerprint density at radius 3 is 2.70 bits per heavy atom. The molecule has 0 unspecified atom stereocenters. The molecule has 0 saturated heterocycles. The maximum absolute atomic E-state index is 10.00. The van der Waals surface area contributed by atoms with Gasteiger partial charge in [0.25, 0.3) is 0 Å². The summed E-state index contributed by atoms with van der Waals surface area (Å²) in [6.45, 7) is 3.41. The summed E-state index contributed by atoms with van der Waals surface area (Å²) in [5.41, 5.74) is 1.94. The molecule has 0 saturated carbocycles. The van der Waals surface area contributed by atoms with Crippen molar-refractivity contribution in [1.29, 1.82) is 5.41 Å².